The van der Waals surface area contributed by atoms with Crippen LogP contribution in [0.2, 0.25) is 0 Å². The van der Waals surface area contributed by atoms with Gasteiger partial charge in [0.1, 0.15) is 0 Å². The Morgan fingerprint density at radius 2 is 2.12 bits per heavy atom. The van der Waals surface area contributed by atoms with Gasteiger partial charge in [-0.2, -0.15) is 0 Å². The van der Waals surface area contributed by atoms with Crippen LogP contribution in [-0.4, -0.2) is 19.3 Å². The Bertz CT molecular complexity index is 269. The molecule has 1 aromatic rings. The maximum Gasteiger partial charge on any atom is 0.0950 e. The molecule has 0 radical (unpaired) electrons. The lowest BCUT2D eigenvalue weighted by Gasteiger charge is -2.25. The second-order valence-corrected chi connectivity index (χ2v) is 4.46. The highest BCUT2D eigenvalue weighted by atomic mass is 16.5. The van der Waals surface area contributed by atoms with Crippen molar-refractivity contribution in [3.63, 3.8) is 0 Å². The van der Waals surface area contributed by atoms with Crippen molar-refractivity contribution in [2.45, 2.75) is 39.8 Å². The Hall–Kier alpha value is -0.800. The lowest BCUT2D eigenvalue weighted by molar-refractivity contribution is 0.104. The van der Waals surface area contributed by atoms with E-state index in [1.54, 1.807) is 12.5 Å². The first-order chi connectivity index (χ1) is 7.65. The van der Waals surface area contributed by atoms with Crippen LogP contribution < -0.4 is 5.32 Å². The minimum absolute atomic E-state index is 0.298. The van der Waals surface area contributed by atoms with Crippen molar-refractivity contribution in [2.24, 2.45) is 5.92 Å². The van der Waals surface area contributed by atoms with Crippen molar-refractivity contribution < 1.29 is 9.15 Å². The van der Waals surface area contributed by atoms with Crippen LogP contribution >= 0.6 is 0 Å². The molecule has 1 aromatic heterocycles. The van der Waals surface area contributed by atoms with Crippen LogP contribution in [0.1, 0.15) is 39.3 Å². The van der Waals surface area contributed by atoms with E-state index in [0.29, 0.717) is 18.0 Å². The normalized spacial score (nSPS) is 15.3. The number of hydrogen-bond acceptors (Lipinski definition) is 3. The summed E-state index contributed by atoms with van der Waals surface area (Å²) in [6, 6.07) is 2.67. The third-order valence-corrected chi connectivity index (χ3v) is 2.81. The van der Waals surface area contributed by atoms with Crippen LogP contribution in [0.3, 0.4) is 0 Å². The van der Waals surface area contributed by atoms with Gasteiger partial charge in [-0.1, -0.05) is 13.8 Å². The highest BCUT2D eigenvalue weighted by molar-refractivity contribution is 5.10. The zero-order valence-corrected chi connectivity index (χ0v) is 10.7. The van der Waals surface area contributed by atoms with Gasteiger partial charge in [-0.15, -0.1) is 0 Å². The Morgan fingerprint density at radius 1 is 1.38 bits per heavy atom. The maximum absolute atomic E-state index is 5.49. The molecule has 0 aliphatic rings. The lowest BCUT2D eigenvalue weighted by atomic mass is 10.0. The van der Waals surface area contributed by atoms with Crippen LogP contribution in [-0.2, 0) is 4.74 Å². The molecule has 1 N–H and O–H groups in total. The van der Waals surface area contributed by atoms with Crippen LogP contribution in [0, 0.1) is 5.92 Å². The monoisotopic (exact) mass is 225 g/mol. The van der Waals surface area contributed by atoms with Gasteiger partial charge in [0.2, 0.25) is 0 Å². The Labute approximate surface area is 98.2 Å². The van der Waals surface area contributed by atoms with Crippen molar-refractivity contribution in [3.05, 3.63) is 24.2 Å². The first-order valence-electron chi connectivity index (χ1n) is 6.01. The molecule has 3 nitrogen and oxygen atoms in total. The summed E-state index contributed by atoms with van der Waals surface area (Å²) in [6.07, 6.45) is 3.50. The first-order valence-corrected chi connectivity index (χ1v) is 6.01. The van der Waals surface area contributed by atoms with Gasteiger partial charge in [0.25, 0.3) is 0 Å². The molecule has 16 heavy (non-hydrogen) atoms. The van der Waals surface area contributed by atoms with E-state index in [1.165, 1.54) is 5.56 Å². The second-order valence-electron chi connectivity index (χ2n) is 4.46. The molecule has 0 saturated heterocycles. The highest BCUT2D eigenvalue weighted by Crippen LogP contribution is 2.15. The fourth-order valence-electron chi connectivity index (χ4n) is 1.62. The van der Waals surface area contributed by atoms with Gasteiger partial charge in [0, 0.05) is 24.3 Å². The van der Waals surface area contributed by atoms with Crippen LogP contribution in [0.15, 0.2) is 23.0 Å². The van der Waals surface area contributed by atoms with E-state index in [9.17, 15) is 0 Å². The average Bonchev–Trinajstić information content (AvgIpc) is 2.76. The molecule has 0 saturated carbocycles. The summed E-state index contributed by atoms with van der Waals surface area (Å²) in [6.45, 7) is 10.1. The molecule has 2 unspecified atom stereocenters. The molecule has 3 heteroatoms. The molecule has 0 fully saturated rings. The molecule has 0 aliphatic heterocycles. The minimum atomic E-state index is 0.298. The number of ether oxygens (including phenoxy) is 1. The van der Waals surface area contributed by atoms with Crippen molar-refractivity contribution in [2.75, 3.05) is 13.2 Å². The maximum atomic E-state index is 5.49. The number of nitrogens with one attached hydrogen (secondary N) is 1. The fraction of sp³-hybridized carbons (Fsp3) is 0.692. The van der Waals surface area contributed by atoms with E-state index in [-0.39, 0.29) is 0 Å². The van der Waals surface area contributed by atoms with Crippen molar-refractivity contribution in [1.29, 1.82) is 0 Å². The summed E-state index contributed by atoms with van der Waals surface area (Å²) in [7, 11) is 0. The van der Waals surface area contributed by atoms with E-state index < -0.39 is 0 Å². The van der Waals surface area contributed by atoms with Crippen molar-refractivity contribution in [3.8, 4) is 0 Å². The highest BCUT2D eigenvalue weighted by Gasteiger charge is 2.17. The molecular weight excluding hydrogens is 202 g/mol. The predicted octanol–water partition coefficient (Wildman–Crippen LogP) is 2.99. The fourth-order valence-corrected chi connectivity index (χ4v) is 1.62. The van der Waals surface area contributed by atoms with E-state index in [0.717, 1.165) is 13.2 Å². The van der Waals surface area contributed by atoms with E-state index in [1.807, 2.05) is 13.0 Å². The summed E-state index contributed by atoms with van der Waals surface area (Å²) in [5.74, 6) is 0.556. The number of hydrogen-bond donors (Lipinski definition) is 1. The Kier molecular flexibility index (Phi) is 5.56. The largest absolute Gasteiger partial charge is 0.472 e. The van der Waals surface area contributed by atoms with Gasteiger partial charge in [-0.05, 0) is 25.8 Å². The SMILES string of the molecule is CCOCC(NC(C)c1ccoc1)C(C)C. The summed E-state index contributed by atoms with van der Waals surface area (Å²) < 4.78 is 10.6. The molecule has 2 atom stereocenters. The summed E-state index contributed by atoms with van der Waals surface area (Å²) in [4.78, 5) is 0. The predicted molar refractivity (Wildman–Crippen MR) is 65.4 cm³/mol. The second kappa shape index (κ2) is 6.71. The van der Waals surface area contributed by atoms with E-state index in [2.05, 4.69) is 26.1 Å². The number of furan rings is 1. The molecule has 92 valence electrons. The lowest BCUT2D eigenvalue weighted by Crippen LogP contribution is -2.39. The van der Waals surface area contributed by atoms with Gasteiger partial charge in [0.15, 0.2) is 0 Å². The van der Waals surface area contributed by atoms with Crippen molar-refractivity contribution >= 4 is 0 Å². The van der Waals surface area contributed by atoms with Gasteiger partial charge >= 0.3 is 0 Å². The summed E-state index contributed by atoms with van der Waals surface area (Å²) in [5, 5.41) is 3.57. The third-order valence-electron chi connectivity index (χ3n) is 2.81. The standard InChI is InChI=1S/C13H23NO2/c1-5-15-9-13(10(2)3)14-11(4)12-6-7-16-8-12/h6-8,10-11,13-14H,5,9H2,1-4H3. The molecule has 0 spiro atoms. The molecule has 1 heterocycles. The van der Waals surface area contributed by atoms with Gasteiger partial charge < -0.3 is 14.5 Å². The van der Waals surface area contributed by atoms with Crippen LogP contribution in [0.25, 0.3) is 0 Å². The molecule has 0 amide bonds. The Morgan fingerprint density at radius 3 is 2.62 bits per heavy atom. The molecule has 0 bridgehead atoms. The van der Waals surface area contributed by atoms with E-state index in [4.69, 9.17) is 9.15 Å². The molecule has 0 aliphatic carbocycles. The summed E-state index contributed by atoms with van der Waals surface area (Å²) in [5.41, 5.74) is 1.18. The summed E-state index contributed by atoms with van der Waals surface area (Å²) >= 11 is 0. The zero-order chi connectivity index (χ0) is 12.0. The number of rotatable bonds is 7. The zero-order valence-electron chi connectivity index (χ0n) is 10.7. The van der Waals surface area contributed by atoms with Crippen molar-refractivity contribution in [1.82, 2.24) is 5.32 Å². The van der Waals surface area contributed by atoms with Gasteiger partial charge in [0.05, 0.1) is 19.1 Å². The van der Waals surface area contributed by atoms with Gasteiger partial charge in [-0.3, -0.25) is 0 Å². The van der Waals surface area contributed by atoms with Crippen LogP contribution in [0.5, 0.6) is 0 Å². The van der Waals surface area contributed by atoms with Gasteiger partial charge in [-0.25, -0.2) is 0 Å². The molecule has 0 aromatic carbocycles. The van der Waals surface area contributed by atoms with E-state index >= 15 is 0 Å². The Balaban J connectivity index is 2.47. The first kappa shape index (κ1) is 13.3. The smallest absolute Gasteiger partial charge is 0.0950 e. The van der Waals surface area contributed by atoms with Crippen LogP contribution in [0.4, 0.5) is 0 Å². The molecule has 1 rings (SSSR count). The molecular formula is C13H23NO2. The average molecular weight is 225 g/mol. The third kappa shape index (κ3) is 3.99. The quantitative estimate of drug-likeness (QED) is 0.774. The minimum Gasteiger partial charge on any atom is -0.472 e. The topological polar surface area (TPSA) is 34.4 Å².